The summed E-state index contributed by atoms with van der Waals surface area (Å²) in [6.07, 6.45) is -4.60. The number of rotatable bonds is 5. The summed E-state index contributed by atoms with van der Waals surface area (Å²) in [6, 6.07) is 5.57. The minimum Gasteiger partial charge on any atom is -0.405 e. The summed E-state index contributed by atoms with van der Waals surface area (Å²) < 4.78 is 54.4. The highest BCUT2D eigenvalue weighted by Crippen LogP contribution is 2.35. The van der Waals surface area contributed by atoms with Gasteiger partial charge in [-0.2, -0.15) is 0 Å². The van der Waals surface area contributed by atoms with Crippen LogP contribution in [0.25, 0.3) is 0 Å². The van der Waals surface area contributed by atoms with Gasteiger partial charge >= 0.3 is 6.36 Å². The lowest BCUT2D eigenvalue weighted by atomic mass is 10.0. The second kappa shape index (κ2) is 8.55. The molecule has 0 saturated carbocycles. The molecule has 0 aliphatic carbocycles. The Bertz CT molecular complexity index is 453. The number of ether oxygens (including phenoxy) is 1. The zero-order chi connectivity index (χ0) is 15.3. The van der Waals surface area contributed by atoms with Crippen molar-refractivity contribution in [2.45, 2.75) is 18.8 Å². The van der Waals surface area contributed by atoms with Crippen molar-refractivity contribution in [2.75, 3.05) is 32.9 Å². The highest BCUT2D eigenvalue weighted by Gasteiger charge is 2.34. The molecule has 1 aromatic carbocycles. The molecule has 0 radical (unpaired) electrons. The van der Waals surface area contributed by atoms with Crippen LogP contribution in [0.2, 0.25) is 0 Å². The molecule has 1 aliphatic heterocycles. The quantitative estimate of drug-likeness (QED) is 0.831. The molecule has 0 spiro atoms. The summed E-state index contributed by atoms with van der Waals surface area (Å²) in [5.74, 6) is -0.248. The summed E-state index contributed by atoms with van der Waals surface area (Å²) in [6.45, 7) is 2.24. The second-order valence-corrected chi connectivity index (χ2v) is 4.87. The van der Waals surface area contributed by atoms with Gasteiger partial charge in [-0.05, 0) is 12.5 Å². The molecule has 0 unspecified atom stereocenters. The molecule has 0 bridgehead atoms. The molecule has 0 amide bonds. The zero-order valence-corrected chi connectivity index (χ0v) is 12.7. The van der Waals surface area contributed by atoms with Crippen molar-refractivity contribution in [3.8, 4) is 5.75 Å². The van der Waals surface area contributed by atoms with Gasteiger partial charge in [0.2, 0.25) is 0 Å². The Hall–Kier alpha value is -1.05. The lowest BCUT2D eigenvalue weighted by Gasteiger charge is -2.35. The van der Waals surface area contributed by atoms with Crippen molar-refractivity contribution in [1.82, 2.24) is 10.2 Å². The van der Waals surface area contributed by atoms with Crippen molar-refractivity contribution >= 4 is 12.4 Å². The standard InChI is InChI=1S/C14H18F4N2O.ClH/c15-6-5-12(20-9-7-19-8-10-20)11-3-1-2-4-13(11)21-14(16,17)18;/h1-4,12,19H,5-10H2;1H/t12-;/m0./s1. The van der Waals surface area contributed by atoms with Gasteiger partial charge in [0.15, 0.2) is 0 Å². The third-order valence-electron chi connectivity index (χ3n) is 3.48. The molecule has 8 heteroatoms. The fourth-order valence-electron chi connectivity index (χ4n) is 2.61. The monoisotopic (exact) mass is 342 g/mol. The molecular weight excluding hydrogens is 324 g/mol. The van der Waals surface area contributed by atoms with Crippen LogP contribution < -0.4 is 10.1 Å². The van der Waals surface area contributed by atoms with E-state index in [4.69, 9.17) is 0 Å². The molecule has 1 atom stereocenters. The number of halogens is 5. The van der Waals surface area contributed by atoms with Crippen LogP contribution in [0.15, 0.2) is 24.3 Å². The van der Waals surface area contributed by atoms with Gasteiger partial charge in [0, 0.05) is 37.8 Å². The highest BCUT2D eigenvalue weighted by atomic mass is 35.5. The molecule has 126 valence electrons. The maximum absolute atomic E-state index is 12.8. The number of piperazine rings is 1. The van der Waals surface area contributed by atoms with Gasteiger partial charge in [-0.3, -0.25) is 9.29 Å². The molecule has 1 N–H and O–H groups in total. The lowest BCUT2D eigenvalue weighted by Crippen LogP contribution is -2.45. The predicted octanol–water partition coefficient (Wildman–Crippen LogP) is 3.31. The first-order valence-electron chi connectivity index (χ1n) is 6.86. The first-order chi connectivity index (χ1) is 10.0. The summed E-state index contributed by atoms with van der Waals surface area (Å²) >= 11 is 0. The van der Waals surface area contributed by atoms with E-state index in [9.17, 15) is 17.6 Å². The van der Waals surface area contributed by atoms with Crippen LogP contribution in [-0.2, 0) is 0 Å². The topological polar surface area (TPSA) is 24.5 Å². The van der Waals surface area contributed by atoms with Crippen LogP contribution in [-0.4, -0.2) is 44.1 Å². The fraction of sp³-hybridized carbons (Fsp3) is 0.571. The Kier molecular flexibility index (Phi) is 7.38. The number of nitrogens with one attached hydrogen (secondary N) is 1. The Morgan fingerprint density at radius 3 is 2.41 bits per heavy atom. The molecule has 3 nitrogen and oxygen atoms in total. The fourth-order valence-corrected chi connectivity index (χ4v) is 2.61. The number of benzene rings is 1. The number of alkyl halides is 4. The minimum atomic E-state index is -4.75. The van der Waals surface area contributed by atoms with Crippen LogP contribution in [0.4, 0.5) is 17.6 Å². The van der Waals surface area contributed by atoms with Gasteiger partial charge in [-0.15, -0.1) is 25.6 Å². The maximum atomic E-state index is 12.8. The SMILES string of the molecule is Cl.FCC[C@@H](c1ccccc1OC(F)(F)F)N1CCNCC1. The minimum absolute atomic E-state index is 0. The summed E-state index contributed by atoms with van der Waals surface area (Å²) in [7, 11) is 0. The van der Waals surface area contributed by atoms with Gasteiger partial charge in [0.05, 0.1) is 6.67 Å². The van der Waals surface area contributed by atoms with Gasteiger partial charge in [-0.1, -0.05) is 18.2 Å². The van der Waals surface area contributed by atoms with Crippen LogP contribution in [0.3, 0.4) is 0 Å². The highest BCUT2D eigenvalue weighted by molar-refractivity contribution is 5.85. The first kappa shape index (κ1) is 19.0. The van der Waals surface area contributed by atoms with E-state index in [2.05, 4.69) is 10.1 Å². The largest absolute Gasteiger partial charge is 0.573 e. The van der Waals surface area contributed by atoms with Crippen molar-refractivity contribution in [1.29, 1.82) is 0 Å². The van der Waals surface area contributed by atoms with Gasteiger partial charge < -0.3 is 10.1 Å². The molecule has 0 aromatic heterocycles. The molecule has 1 saturated heterocycles. The number of para-hydroxylation sites is 1. The maximum Gasteiger partial charge on any atom is 0.573 e. The number of hydrogen-bond donors (Lipinski definition) is 1. The number of nitrogens with zero attached hydrogens (tertiary/aromatic N) is 1. The Labute approximate surface area is 133 Å². The van der Waals surface area contributed by atoms with Crippen LogP contribution in [0, 0.1) is 0 Å². The number of hydrogen-bond acceptors (Lipinski definition) is 3. The Balaban J connectivity index is 0.00000242. The van der Waals surface area contributed by atoms with Crippen LogP contribution in [0.5, 0.6) is 5.75 Å². The predicted molar refractivity (Wildman–Crippen MR) is 78.1 cm³/mol. The Morgan fingerprint density at radius 2 is 1.82 bits per heavy atom. The van der Waals surface area contributed by atoms with E-state index in [1.807, 2.05) is 4.90 Å². The smallest absolute Gasteiger partial charge is 0.405 e. The van der Waals surface area contributed by atoms with Crippen molar-refractivity contribution in [3.05, 3.63) is 29.8 Å². The zero-order valence-electron chi connectivity index (χ0n) is 11.9. The van der Waals surface area contributed by atoms with Gasteiger partial charge in [0.1, 0.15) is 5.75 Å². The molecule has 22 heavy (non-hydrogen) atoms. The molecule has 1 fully saturated rings. The molecule has 1 aromatic rings. The van der Waals surface area contributed by atoms with E-state index in [-0.39, 0.29) is 24.6 Å². The molecule has 2 rings (SSSR count). The third-order valence-corrected chi connectivity index (χ3v) is 3.48. The van der Waals surface area contributed by atoms with Crippen LogP contribution >= 0.6 is 12.4 Å². The second-order valence-electron chi connectivity index (χ2n) is 4.87. The summed E-state index contributed by atoms with van der Waals surface area (Å²) in [4.78, 5) is 1.99. The van der Waals surface area contributed by atoms with Gasteiger partial charge in [-0.25, -0.2) is 0 Å². The van der Waals surface area contributed by atoms with E-state index in [0.29, 0.717) is 18.7 Å². The summed E-state index contributed by atoms with van der Waals surface area (Å²) in [5, 5.41) is 3.17. The average Bonchev–Trinajstić information content (AvgIpc) is 2.45. The molecule has 1 heterocycles. The Morgan fingerprint density at radius 1 is 1.18 bits per heavy atom. The van der Waals surface area contributed by atoms with E-state index >= 15 is 0 Å². The average molecular weight is 343 g/mol. The molecule has 1 aliphatic rings. The van der Waals surface area contributed by atoms with Crippen LogP contribution in [0.1, 0.15) is 18.0 Å². The van der Waals surface area contributed by atoms with E-state index in [1.54, 1.807) is 12.1 Å². The van der Waals surface area contributed by atoms with Gasteiger partial charge in [0.25, 0.3) is 0 Å². The van der Waals surface area contributed by atoms with E-state index in [1.165, 1.54) is 12.1 Å². The first-order valence-corrected chi connectivity index (χ1v) is 6.86. The normalized spacial score (nSPS) is 17.6. The lowest BCUT2D eigenvalue weighted by molar-refractivity contribution is -0.275. The molecular formula is C14H19ClF4N2O. The summed E-state index contributed by atoms with van der Waals surface area (Å²) in [5.41, 5.74) is 0.384. The van der Waals surface area contributed by atoms with Crippen molar-refractivity contribution in [3.63, 3.8) is 0 Å². The van der Waals surface area contributed by atoms with Crippen molar-refractivity contribution in [2.24, 2.45) is 0 Å². The van der Waals surface area contributed by atoms with E-state index in [0.717, 1.165) is 13.1 Å². The third kappa shape index (κ3) is 5.30. The van der Waals surface area contributed by atoms with Crippen molar-refractivity contribution < 1.29 is 22.3 Å². The van der Waals surface area contributed by atoms with E-state index < -0.39 is 19.1 Å².